The van der Waals surface area contributed by atoms with E-state index >= 15 is 0 Å². The fourth-order valence-corrected chi connectivity index (χ4v) is 5.05. The Morgan fingerprint density at radius 3 is 2.44 bits per heavy atom. The maximum Gasteiger partial charge on any atom is 0.229 e. The predicted molar refractivity (Wildman–Crippen MR) is 144 cm³/mol. The molecule has 210 valence electrons. The molecule has 1 heterocycles. The number of ketones is 1. The normalized spacial score (nSPS) is 23.9. The summed E-state index contributed by atoms with van der Waals surface area (Å²) in [5.74, 6) is -0.0662. The first-order valence-electron chi connectivity index (χ1n) is 13.1. The maximum absolute atomic E-state index is 12.8. The Balaban J connectivity index is 1.66. The molecule has 0 unspecified atom stereocenters. The smallest absolute Gasteiger partial charge is 0.229 e. The summed E-state index contributed by atoms with van der Waals surface area (Å²) in [4.78, 5) is 12.8. The van der Waals surface area contributed by atoms with Crippen LogP contribution < -0.4 is 9.47 Å². The number of benzene rings is 3. The average molecular weight is 541 g/mol. The number of aliphatic hydroxyl groups excluding tert-OH is 4. The molecule has 39 heavy (non-hydrogen) atoms. The second-order valence-corrected chi connectivity index (χ2v) is 9.96. The summed E-state index contributed by atoms with van der Waals surface area (Å²) in [5.41, 5.74) is 1.75. The number of phenols is 1. The van der Waals surface area contributed by atoms with E-state index in [1.807, 2.05) is 37.3 Å². The number of ether oxygens (including phenoxy) is 3. The zero-order valence-electron chi connectivity index (χ0n) is 22.3. The number of fused-ring (bicyclic) bond motifs is 1. The molecule has 0 aliphatic carbocycles. The second-order valence-electron chi connectivity index (χ2n) is 9.96. The summed E-state index contributed by atoms with van der Waals surface area (Å²) in [5, 5.41) is 54.7. The van der Waals surface area contributed by atoms with Gasteiger partial charge in [-0.2, -0.15) is 0 Å². The minimum Gasteiger partial charge on any atom is -0.506 e. The van der Waals surface area contributed by atoms with Crippen molar-refractivity contribution in [2.24, 2.45) is 0 Å². The number of Topliss-reactive ketones (excluding diaryl/α,β-unsaturated/α-hetero) is 1. The Morgan fingerprint density at radius 1 is 1.05 bits per heavy atom. The molecule has 6 atom stereocenters. The average Bonchev–Trinajstić information content (AvgIpc) is 2.92. The van der Waals surface area contributed by atoms with E-state index in [1.165, 1.54) is 13.2 Å². The number of rotatable bonds is 10. The summed E-state index contributed by atoms with van der Waals surface area (Å²) >= 11 is 0. The van der Waals surface area contributed by atoms with Gasteiger partial charge in [0.15, 0.2) is 5.78 Å². The Kier molecular flexibility index (Phi) is 9.09. The molecule has 1 fully saturated rings. The van der Waals surface area contributed by atoms with E-state index in [0.29, 0.717) is 29.5 Å². The monoisotopic (exact) mass is 540 g/mol. The van der Waals surface area contributed by atoms with Gasteiger partial charge in [0, 0.05) is 12.5 Å². The Morgan fingerprint density at radius 2 is 1.77 bits per heavy atom. The molecule has 5 N–H and O–H groups in total. The third-order valence-corrected chi connectivity index (χ3v) is 7.14. The van der Waals surface area contributed by atoms with Gasteiger partial charge < -0.3 is 39.7 Å². The Bertz CT molecular complexity index is 1290. The van der Waals surface area contributed by atoms with Crippen molar-refractivity contribution in [2.45, 2.75) is 76.3 Å². The molecule has 3 aromatic carbocycles. The molecule has 4 rings (SSSR count). The van der Waals surface area contributed by atoms with Crippen molar-refractivity contribution < 1.29 is 44.5 Å². The number of phenolic OH excluding ortho intramolecular Hbond substituents is 1. The number of aromatic hydroxyl groups is 1. The summed E-state index contributed by atoms with van der Waals surface area (Å²) in [6.07, 6.45) is -7.26. The standard InChI is InChI=1S/C30H36O9/c1-4-8-20(31)23-16(2)13-18-14-19(37-3)15-22(24(18)25(23)33)38-30-28(36)26(34)27(35)29(39-30)21(32)12-11-17-9-6-5-7-10-17/h5-7,9-10,13-15,21,26-30,32-36H,4,8,11-12H2,1-3H3/t21-,26+,27+,28-,29-,30+/m1/s1. The fraction of sp³-hybridized carbons (Fsp3) is 0.433. The largest absolute Gasteiger partial charge is 0.506 e. The van der Waals surface area contributed by atoms with Gasteiger partial charge in [0.1, 0.15) is 41.7 Å². The summed E-state index contributed by atoms with van der Waals surface area (Å²) in [7, 11) is 1.46. The number of aliphatic hydroxyl groups is 4. The van der Waals surface area contributed by atoms with Crippen LogP contribution in [-0.4, -0.2) is 75.2 Å². The van der Waals surface area contributed by atoms with Crippen LogP contribution >= 0.6 is 0 Å². The van der Waals surface area contributed by atoms with Crippen molar-refractivity contribution in [3.05, 3.63) is 65.2 Å². The van der Waals surface area contributed by atoms with Gasteiger partial charge in [0.2, 0.25) is 6.29 Å². The third-order valence-electron chi connectivity index (χ3n) is 7.14. The highest BCUT2D eigenvalue weighted by atomic mass is 16.7. The van der Waals surface area contributed by atoms with E-state index in [2.05, 4.69) is 0 Å². The van der Waals surface area contributed by atoms with E-state index in [1.54, 1.807) is 19.1 Å². The van der Waals surface area contributed by atoms with Gasteiger partial charge in [-0.25, -0.2) is 0 Å². The van der Waals surface area contributed by atoms with Gasteiger partial charge in [0.05, 0.1) is 24.2 Å². The third kappa shape index (κ3) is 6.03. The van der Waals surface area contributed by atoms with Crippen LogP contribution in [0, 0.1) is 6.92 Å². The lowest BCUT2D eigenvalue weighted by Gasteiger charge is -2.42. The van der Waals surface area contributed by atoms with Crippen molar-refractivity contribution in [1.29, 1.82) is 0 Å². The van der Waals surface area contributed by atoms with E-state index in [9.17, 15) is 30.3 Å². The molecule has 0 saturated carbocycles. The molecule has 1 saturated heterocycles. The number of aryl methyl sites for hydroxylation is 2. The molecule has 3 aromatic rings. The van der Waals surface area contributed by atoms with Crippen LogP contribution in [0.25, 0.3) is 10.8 Å². The van der Waals surface area contributed by atoms with Crippen LogP contribution in [0.3, 0.4) is 0 Å². The van der Waals surface area contributed by atoms with Crippen LogP contribution in [0.5, 0.6) is 17.2 Å². The fourth-order valence-electron chi connectivity index (χ4n) is 5.05. The van der Waals surface area contributed by atoms with E-state index < -0.39 is 36.8 Å². The van der Waals surface area contributed by atoms with Crippen molar-refractivity contribution in [2.75, 3.05) is 7.11 Å². The van der Waals surface area contributed by atoms with Crippen molar-refractivity contribution in [1.82, 2.24) is 0 Å². The maximum atomic E-state index is 12.8. The van der Waals surface area contributed by atoms with Crippen LogP contribution in [-0.2, 0) is 11.2 Å². The number of methoxy groups -OCH3 is 1. The van der Waals surface area contributed by atoms with Crippen LogP contribution in [0.2, 0.25) is 0 Å². The predicted octanol–water partition coefficient (Wildman–Crippen LogP) is 3.03. The second kappa shape index (κ2) is 12.3. The quantitative estimate of drug-likeness (QED) is 0.245. The van der Waals surface area contributed by atoms with Gasteiger partial charge in [-0.3, -0.25) is 4.79 Å². The zero-order chi connectivity index (χ0) is 28.3. The first-order valence-corrected chi connectivity index (χ1v) is 13.1. The Hall–Kier alpha value is -3.21. The molecule has 0 radical (unpaired) electrons. The lowest BCUT2D eigenvalue weighted by atomic mass is 9.92. The van der Waals surface area contributed by atoms with E-state index in [4.69, 9.17) is 14.2 Å². The number of carbonyl (C=O) groups is 1. The molecule has 1 aliphatic heterocycles. The number of carbonyl (C=O) groups excluding carboxylic acids is 1. The van der Waals surface area contributed by atoms with Gasteiger partial charge in [-0.05, 0) is 48.8 Å². The van der Waals surface area contributed by atoms with Crippen molar-refractivity contribution in [3.8, 4) is 17.2 Å². The molecule has 9 nitrogen and oxygen atoms in total. The molecule has 0 aromatic heterocycles. The number of hydrogen-bond donors (Lipinski definition) is 5. The minimum absolute atomic E-state index is 0.0394. The molecule has 1 aliphatic rings. The SMILES string of the molecule is CCCC(=O)c1c(C)cc2cc(OC)cc(O[C@H]3O[C@H]([C@H](O)CCc4ccccc4)[C@@H](O)[C@H](O)[C@H]3O)c2c1O. The topological polar surface area (TPSA) is 146 Å². The Labute approximate surface area is 227 Å². The van der Waals surface area contributed by atoms with Gasteiger partial charge in [-0.15, -0.1) is 0 Å². The lowest BCUT2D eigenvalue weighted by molar-refractivity contribution is -0.288. The highest BCUT2D eigenvalue weighted by molar-refractivity contribution is 6.08. The highest BCUT2D eigenvalue weighted by Crippen LogP contribution is 2.42. The van der Waals surface area contributed by atoms with Crippen molar-refractivity contribution >= 4 is 16.6 Å². The number of hydrogen-bond acceptors (Lipinski definition) is 9. The van der Waals surface area contributed by atoms with E-state index in [0.717, 1.165) is 5.56 Å². The molecule has 0 spiro atoms. The molecule has 9 heteroatoms. The van der Waals surface area contributed by atoms with Gasteiger partial charge in [0.25, 0.3) is 0 Å². The van der Waals surface area contributed by atoms with Gasteiger partial charge in [-0.1, -0.05) is 43.3 Å². The lowest BCUT2D eigenvalue weighted by Crippen LogP contribution is -2.62. The van der Waals surface area contributed by atoms with E-state index in [-0.39, 0.29) is 41.1 Å². The summed E-state index contributed by atoms with van der Waals surface area (Å²) < 4.78 is 17.2. The molecular formula is C30H36O9. The van der Waals surface area contributed by atoms with Gasteiger partial charge >= 0.3 is 0 Å². The molecular weight excluding hydrogens is 504 g/mol. The van der Waals surface area contributed by atoms with Crippen LogP contribution in [0.1, 0.15) is 47.7 Å². The van der Waals surface area contributed by atoms with Crippen molar-refractivity contribution in [3.63, 3.8) is 0 Å². The first kappa shape index (κ1) is 28.8. The summed E-state index contributed by atoms with van der Waals surface area (Å²) in [6.45, 7) is 3.60. The molecule has 0 amide bonds. The minimum atomic E-state index is -1.67. The highest BCUT2D eigenvalue weighted by Gasteiger charge is 2.47. The summed E-state index contributed by atoms with van der Waals surface area (Å²) in [6, 6.07) is 14.4. The van der Waals surface area contributed by atoms with Crippen LogP contribution in [0.15, 0.2) is 48.5 Å². The first-order chi connectivity index (χ1) is 18.7. The molecule has 0 bridgehead atoms. The zero-order valence-corrected chi connectivity index (χ0v) is 22.3. The van der Waals surface area contributed by atoms with Crippen LogP contribution in [0.4, 0.5) is 0 Å².